The molecule has 2 aromatic rings. The highest BCUT2D eigenvalue weighted by Crippen LogP contribution is 2.34. The predicted molar refractivity (Wildman–Crippen MR) is 68.4 cm³/mol. The number of methoxy groups -OCH3 is 1. The van der Waals surface area contributed by atoms with Gasteiger partial charge in [-0.05, 0) is 41.5 Å². The van der Waals surface area contributed by atoms with Gasteiger partial charge >= 0.3 is 6.18 Å². The molecule has 0 N–H and O–H groups in total. The highest BCUT2D eigenvalue weighted by atomic mass is 19.4. The normalized spacial score (nSPS) is 11.8. The van der Waals surface area contributed by atoms with Crippen LogP contribution in [0.25, 0.3) is 11.1 Å². The molecule has 0 radical (unpaired) electrons. The number of rotatable bonds is 3. The summed E-state index contributed by atoms with van der Waals surface area (Å²) in [6.45, 7) is 0. The quantitative estimate of drug-likeness (QED) is 0.697. The van der Waals surface area contributed by atoms with E-state index in [1.165, 1.54) is 25.3 Å². The van der Waals surface area contributed by atoms with Gasteiger partial charge in [-0.25, -0.2) is 8.78 Å². The molecule has 2 aromatic carbocycles. The minimum absolute atomic E-state index is 0.167. The minimum Gasteiger partial charge on any atom is -0.497 e. The Balaban J connectivity index is 2.53. The van der Waals surface area contributed by atoms with Gasteiger partial charge in [0.25, 0.3) is 6.43 Å². The molecule has 0 atom stereocenters. The summed E-state index contributed by atoms with van der Waals surface area (Å²) in [6.07, 6.45) is -7.22. The molecule has 0 aliphatic rings. The monoisotopic (exact) mass is 302 g/mol. The second-order valence-electron chi connectivity index (χ2n) is 4.37. The van der Waals surface area contributed by atoms with Crippen molar-refractivity contribution in [1.29, 1.82) is 0 Å². The van der Waals surface area contributed by atoms with Gasteiger partial charge in [0.2, 0.25) is 0 Å². The van der Waals surface area contributed by atoms with Gasteiger partial charge in [-0.1, -0.05) is 12.1 Å². The van der Waals surface area contributed by atoms with Gasteiger partial charge in [-0.3, -0.25) is 0 Å². The van der Waals surface area contributed by atoms with Crippen LogP contribution < -0.4 is 4.74 Å². The van der Waals surface area contributed by atoms with Crippen molar-refractivity contribution in [3.8, 4) is 16.9 Å². The fourth-order valence-corrected chi connectivity index (χ4v) is 1.91. The molecule has 2 rings (SSSR count). The molecule has 0 saturated heterocycles. The number of hydrogen-bond acceptors (Lipinski definition) is 1. The first-order valence-corrected chi connectivity index (χ1v) is 5.96. The zero-order valence-electron chi connectivity index (χ0n) is 10.9. The Morgan fingerprint density at radius 1 is 0.952 bits per heavy atom. The molecule has 6 heteroatoms. The van der Waals surface area contributed by atoms with Crippen LogP contribution in [0.5, 0.6) is 5.75 Å². The molecule has 21 heavy (non-hydrogen) atoms. The highest BCUT2D eigenvalue weighted by molar-refractivity contribution is 5.67. The van der Waals surface area contributed by atoms with E-state index in [0.717, 1.165) is 24.3 Å². The Morgan fingerprint density at radius 3 is 2.24 bits per heavy atom. The molecule has 0 heterocycles. The largest absolute Gasteiger partial charge is 0.497 e. The van der Waals surface area contributed by atoms with Gasteiger partial charge in [0.1, 0.15) is 5.75 Å². The summed E-state index contributed by atoms with van der Waals surface area (Å²) >= 11 is 0. The zero-order valence-corrected chi connectivity index (χ0v) is 10.9. The molecule has 0 aliphatic carbocycles. The number of hydrogen-bond donors (Lipinski definition) is 0. The molecule has 0 fully saturated rings. The topological polar surface area (TPSA) is 9.23 Å². The molecule has 0 saturated carbocycles. The maximum Gasteiger partial charge on any atom is 0.416 e. The molecule has 0 amide bonds. The summed E-state index contributed by atoms with van der Waals surface area (Å²) in [4.78, 5) is 0. The van der Waals surface area contributed by atoms with Crippen LogP contribution in [-0.4, -0.2) is 7.11 Å². The van der Waals surface area contributed by atoms with Crippen LogP contribution in [0.15, 0.2) is 42.5 Å². The summed E-state index contributed by atoms with van der Waals surface area (Å²) in [5.74, 6) is 0.167. The van der Waals surface area contributed by atoms with Crippen LogP contribution >= 0.6 is 0 Å². The van der Waals surface area contributed by atoms with E-state index in [1.807, 2.05) is 0 Å². The molecule has 1 nitrogen and oxygen atoms in total. The second kappa shape index (κ2) is 5.71. The number of ether oxygens (including phenoxy) is 1. The second-order valence-corrected chi connectivity index (χ2v) is 4.37. The molecule has 0 aromatic heterocycles. The summed E-state index contributed by atoms with van der Waals surface area (Å²) in [5, 5.41) is 0. The van der Waals surface area contributed by atoms with Crippen LogP contribution in [0.3, 0.4) is 0 Å². The SMILES string of the molecule is COc1cc(-c2cccc(C(F)(F)F)c2)cc(C(F)F)c1. The summed E-state index contributed by atoms with van der Waals surface area (Å²) < 4.78 is 68.6. The van der Waals surface area contributed by atoms with Crippen molar-refractivity contribution < 1.29 is 26.7 Å². The highest BCUT2D eigenvalue weighted by Gasteiger charge is 2.30. The van der Waals surface area contributed by atoms with E-state index in [0.29, 0.717) is 0 Å². The lowest BCUT2D eigenvalue weighted by atomic mass is 10.0. The third-order valence-corrected chi connectivity index (χ3v) is 2.94. The van der Waals surface area contributed by atoms with E-state index in [9.17, 15) is 22.0 Å². The Hall–Kier alpha value is -2.11. The standard InChI is InChI=1S/C15H11F5O/c1-21-13-7-10(5-11(8-13)14(16)17)9-3-2-4-12(6-9)15(18,19)20/h2-8,14H,1H3. The van der Waals surface area contributed by atoms with Gasteiger partial charge in [-0.15, -0.1) is 0 Å². The number of halogens is 5. The fourth-order valence-electron chi connectivity index (χ4n) is 1.91. The zero-order chi connectivity index (χ0) is 15.6. The molecule has 0 aliphatic heterocycles. The Kier molecular flexibility index (Phi) is 4.16. The van der Waals surface area contributed by atoms with Crippen molar-refractivity contribution in [3.63, 3.8) is 0 Å². The van der Waals surface area contributed by atoms with Crippen molar-refractivity contribution in [3.05, 3.63) is 53.6 Å². The van der Waals surface area contributed by atoms with Crippen LogP contribution in [0.1, 0.15) is 17.6 Å². The Labute approximate surface area is 118 Å². The lowest BCUT2D eigenvalue weighted by molar-refractivity contribution is -0.137. The molecule has 0 spiro atoms. The first-order chi connectivity index (χ1) is 9.81. The van der Waals surface area contributed by atoms with E-state index >= 15 is 0 Å². The van der Waals surface area contributed by atoms with E-state index in [-0.39, 0.29) is 22.4 Å². The van der Waals surface area contributed by atoms with Gasteiger partial charge in [-0.2, -0.15) is 13.2 Å². The van der Waals surface area contributed by atoms with Crippen molar-refractivity contribution in [2.75, 3.05) is 7.11 Å². The molecule has 0 unspecified atom stereocenters. The molecule has 112 valence electrons. The number of alkyl halides is 5. The average molecular weight is 302 g/mol. The smallest absolute Gasteiger partial charge is 0.416 e. The molecule has 0 bridgehead atoms. The average Bonchev–Trinajstić information content (AvgIpc) is 2.46. The first kappa shape index (κ1) is 15.3. The van der Waals surface area contributed by atoms with Crippen LogP contribution in [0.4, 0.5) is 22.0 Å². The molecular weight excluding hydrogens is 291 g/mol. The predicted octanol–water partition coefficient (Wildman–Crippen LogP) is 5.32. The lowest BCUT2D eigenvalue weighted by Gasteiger charge is -2.11. The van der Waals surface area contributed by atoms with Gasteiger partial charge in [0, 0.05) is 5.56 Å². The first-order valence-electron chi connectivity index (χ1n) is 5.96. The maximum atomic E-state index is 12.8. The molecular formula is C15H11F5O. The summed E-state index contributed by atoms with van der Waals surface area (Å²) in [5.41, 5.74) is -0.690. The van der Waals surface area contributed by atoms with Crippen molar-refractivity contribution in [2.24, 2.45) is 0 Å². The Bertz CT molecular complexity index is 634. The van der Waals surface area contributed by atoms with E-state index < -0.39 is 18.2 Å². The van der Waals surface area contributed by atoms with E-state index in [4.69, 9.17) is 4.74 Å². The maximum absolute atomic E-state index is 12.8. The van der Waals surface area contributed by atoms with Crippen molar-refractivity contribution in [1.82, 2.24) is 0 Å². The van der Waals surface area contributed by atoms with Crippen LogP contribution in [0, 0.1) is 0 Å². The number of benzene rings is 2. The van der Waals surface area contributed by atoms with E-state index in [1.54, 1.807) is 0 Å². The minimum atomic E-state index is -4.49. The van der Waals surface area contributed by atoms with Crippen molar-refractivity contribution >= 4 is 0 Å². The van der Waals surface area contributed by atoms with Gasteiger partial charge in [0.05, 0.1) is 12.7 Å². The van der Waals surface area contributed by atoms with Gasteiger partial charge in [0.15, 0.2) is 0 Å². The fraction of sp³-hybridized carbons (Fsp3) is 0.200. The Morgan fingerprint density at radius 2 is 1.67 bits per heavy atom. The van der Waals surface area contributed by atoms with E-state index in [2.05, 4.69) is 0 Å². The van der Waals surface area contributed by atoms with Crippen molar-refractivity contribution in [2.45, 2.75) is 12.6 Å². The third kappa shape index (κ3) is 3.51. The summed E-state index contributed by atoms with van der Waals surface area (Å²) in [6, 6.07) is 8.24. The van der Waals surface area contributed by atoms with Gasteiger partial charge < -0.3 is 4.74 Å². The van der Waals surface area contributed by atoms with Crippen LogP contribution in [-0.2, 0) is 6.18 Å². The summed E-state index contributed by atoms with van der Waals surface area (Å²) in [7, 11) is 1.31. The van der Waals surface area contributed by atoms with Crippen LogP contribution in [0.2, 0.25) is 0 Å². The third-order valence-electron chi connectivity index (χ3n) is 2.94. The lowest BCUT2D eigenvalue weighted by Crippen LogP contribution is -2.04.